The average molecular weight is 288 g/mol. The van der Waals surface area contributed by atoms with Gasteiger partial charge in [0.25, 0.3) is 0 Å². The molecule has 2 aromatic heterocycles. The lowest BCUT2D eigenvalue weighted by atomic mass is 10.2. The second-order valence-electron chi connectivity index (χ2n) is 3.64. The number of hydrogen-bond acceptors (Lipinski definition) is 4. The molecule has 0 saturated carbocycles. The maximum atomic E-state index is 6.02. The van der Waals surface area contributed by atoms with Crippen molar-refractivity contribution in [2.75, 3.05) is 11.9 Å². The van der Waals surface area contributed by atoms with E-state index in [1.165, 1.54) is 0 Å². The van der Waals surface area contributed by atoms with E-state index in [-0.39, 0.29) is 0 Å². The van der Waals surface area contributed by atoms with E-state index in [1.807, 2.05) is 11.6 Å². The fourth-order valence-corrected chi connectivity index (χ4v) is 2.50. The van der Waals surface area contributed by atoms with Gasteiger partial charge in [0, 0.05) is 30.2 Å². The van der Waals surface area contributed by atoms with Gasteiger partial charge in [-0.05, 0) is 6.07 Å². The lowest BCUT2D eigenvalue weighted by Gasteiger charge is -2.11. The summed E-state index contributed by atoms with van der Waals surface area (Å²) in [5, 5.41) is 7.33. The highest BCUT2D eigenvalue weighted by Gasteiger charge is 2.09. The third-order valence-corrected chi connectivity index (χ3v) is 3.76. The topological polar surface area (TPSA) is 37.8 Å². The van der Waals surface area contributed by atoms with Gasteiger partial charge in [0.05, 0.1) is 15.1 Å². The number of nitrogens with zero attached hydrogens (tertiary/aromatic N) is 2. The van der Waals surface area contributed by atoms with Gasteiger partial charge in [-0.2, -0.15) is 0 Å². The van der Waals surface area contributed by atoms with Gasteiger partial charge in [-0.3, -0.25) is 0 Å². The molecule has 0 bridgehead atoms. The molecule has 0 amide bonds. The first-order chi connectivity index (χ1) is 8.16. The molecule has 0 aliphatic carbocycles. The van der Waals surface area contributed by atoms with Crippen LogP contribution in [0.3, 0.4) is 0 Å². The summed E-state index contributed by atoms with van der Waals surface area (Å²) in [6.07, 6.45) is 3.38. The van der Waals surface area contributed by atoms with E-state index in [0.29, 0.717) is 21.8 Å². The normalized spacial score (nSPS) is 12.4. The molecule has 0 saturated heterocycles. The van der Waals surface area contributed by atoms with Crippen molar-refractivity contribution in [3.05, 3.63) is 38.9 Å². The number of aromatic nitrogens is 2. The Kier molecular flexibility index (Phi) is 4.20. The van der Waals surface area contributed by atoms with Crippen LogP contribution in [0.4, 0.5) is 5.82 Å². The first-order valence-electron chi connectivity index (χ1n) is 5.11. The molecule has 1 unspecified atom stereocenters. The minimum Gasteiger partial charge on any atom is -0.368 e. The molecule has 1 atom stereocenters. The number of thiazole rings is 1. The van der Waals surface area contributed by atoms with E-state index < -0.39 is 0 Å². The van der Waals surface area contributed by atoms with Crippen LogP contribution in [0.15, 0.2) is 23.8 Å². The van der Waals surface area contributed by atoms with Crippen LogP contribution < -0.4 is 5.32 Å². The Hall–Kier alpha value is -0.840. The van der Waals surface area contributed by atoms with E-state index >= 15 is 0 Å². The smallest absolute Gasteiger partial charge is 0.144 e. The summed E-state index contributed by atoms with van der Waals surface area (Å²) in [5.41, 5.74) is 0. The molecule has 0 aromatic carbocycles. The predicted octanol–water partition coefficient (Wildman–Crippen LogP) is 4.06. The summed E-state index contributed by atoms with van der Waals surface area (Å²) in [7, 11) is 0. The zero-order chi connectivity index (χ0) is 12.3. The van der Waals surface area contributed by atoms with E-state index in [2.05, 4.69) is 22.2 Å². The molecule has 17 heavy (non-hydrogen) atoms. The van der Waals surface area contributed by atoms with Crippen molar-refractivity contribution >= 4 is 40.4 Å². The lowest BCUT2D eigenvalue weighted by molar-refractivity contribution is 0.792. The number of nitrogens with one attached hydrogen (secondary N) is 1. The standard InChI is InChI=1S/C11H11Cl2N3S/c1-7(11-14-2-3-17-11)5-15-10-9(13)4-8(12)6-16-10/h2-4,6-7H,5H2,1H3,(H,15,16). The molecule has 1 N–H and O–H groups in total. The molecule has 90 valence electrons. The molecule has 0 aliphatic heterocycles. The maximum Gasteiger partial charge on any atom is 0.144 e. The zero-order valence-electron chi connectivity index (χ0n) is 9.15. The lowest BCUT2D eigenvalue weighted by Crippen LogP contribution is -2.10. The van der Waals surface area contributed by atoms with Crippen LogP contribution in [0.25, 0.3) is 0 Å². The molecule has 2 aromatic rings. The van der Waals surface area contributed by atoms with E-state index in [1.54, 1.807) is 23.6 Å². The van der Waals surface area contributed by atoms with Crippen molar-refractivity contribution in [2.45, 2.75) is 12.8 Å². The van der Waals surface area contributed by atoms with Crippen molar-refractivity contribution in [3.63, 3.8) is 0 Å². The highest BCUT2D eigenvalue weighted by atomic mass is 35.5. The first kappa shape index (κ1) is 12.6. The van der Waals surface area contributed by atoms with Crippen molar-refractivity contribution < 1.29 is 0 Å². The Balaban J connectivity index is 1.98. The highest BCUT2D eigenvalue weighted by Crippen LogP contribution is 2.24. The highest BCUT2D eigenvalue weighted by molar-refractivity contribution is 7.09. The first-order valence-corrected chi connectivity index (χ1v) is 6.74. The Morgan fingerprint density at radius 1 is 1.41 bits per heavy atom. The SMILES string of the molecule is CC(CNc1ncc(Cl)cc1Cl)c1nccs1. The Morgan fingerprint density at radius 3 is 2.88 bits per heavy atom. The van der Waals surface area contributed by atoms with E-state index in [9.17, 15) is 0 Å². The van der Waals surface area contributed by atoms with Crippen LogP contribution >= 0.6 is 34.5 Å². The quantitative estimate of drug-likeness (QED) is 0.921. The van der Waals surface area contributed by atoms with Gasteiger partial charge >= 0.3 is 0 Å². The van der Waals surface area contributed by atoms with Crippen LogP contribution in [0.1, 0.15) is 17.8 Å². The number of hydrogen-bond donors (Lipinski definition) is 1. The molecule has 0 radical (unpaired) electrons. The van der Waals surface area contributed by atoms with Gasteiger partial charge in [-0.1, -0.05) is 30.1 Å². The number of anilines is 1. The largest absolute Gasteiger partial charge is 0.368 e. The summed E-state index contributed by atoms with van der Waals surface area (Å²) in [6.45, 7) is 2.84. The van der Waals surface area contributed by atoms with Gasteiger partial charge in [-0.15, -0.1) is 11.3 Å². The fraction of sp³-hybridized carbons (Fsp3) is 0.273. The van der Waals surface area contributed by atoms with E-state index in [0.717, 1.165) is 11.6 Å². The fourth-order valence-electron chi connectivity index (χ4n) is 1.36. The second-order valence-corrected chi connectivity index (χ2v) is 5.41. The molecule has 2 rings (SSSR count). The molecule has 0 aliphatic rings. The monoisotopic (exact) mass is 287 g/mol. The summed E-state index contributed by atoms with van der Waals surface area (Å²) < 4.78 is 0. The van der Waals surface area contributed by atoms with Crippen molar-refractivity contribution in [1.29, 1.82) is 0 Å². The average Bonchev–Trinajstić information content (AvgIpc) is 2.81. The summed E-state index contributed by atoms with van der Waals surface area (Å²) >= 11 is 13.4. The number of halogens is 2. The molecule has 0 spiro atoms. The van der Waals surface area contributed by atoms with Gasteiger partial charge in [0.1, 0.15) is 5.82 Å². The van der Waals surface area contributed by atoms with Gasteiger partial charge in [0.15, 0.2) is 0 Å². The van der Waals surface area contributed by atoms with E-state index in [4.69, 9.17) is 23.2 Å². The van der Waals surface area contributed by atoms with Gasteiger partial charge in [-0.25, -0.2) is 9.97 Å². The Bertz CT molecular complexity index is 487. The van der Waals surface area contributed by atoms with Gasteiger partial charge in [0.2, 0.25) is 0 Å². The van der Waals surface area contributed by atoms with Crippen molar-refractivity contribution in [2.24, 2.45) is 0 Å². The van der Waals surface area contributed by atoms with Crippen molar-refractivity contribution in [3.8, 4) is 0 Å². The minimum atomic E-state index is 0.323. The Morgan fingerprint density at radius 2 is 2.24 bits per heavy atom. The van der Waals surface area contributed by atoms with Crippen LogP contribution in [0, 0.1) is 0 Å². The predicted molar refractivity (Wildman–Crippen MR) is 73.3 cm³/mol. The van der Waals surface area contributed by atoms with Crippen LogP contribution in [0.5, 0.6) is 0 Å². The third kappa shape index (κ3) is 3.31. The molecule has 2 heterocycles. The summed E-state index contributed by atoms with van der Waals surface area (Å²) in [5.74, 6) is 0.975. The summed E-state index contributed by atoms with van der Waals surface area (Å²) in [4.78, 5) is 8.41. The number of pyridine rings is 1. The maximum absolute atomic E-state index is 6.02. The van der Waals surface area contributed by atoms with Gasteiger partial charge < -0.3 is 5.32 Å². The Labute approximate surface area is 114 Å². The van der Waals surface area contributed by atoms with Crippen LogP contribution in [-0.4, -0.2) is 16.5 Å². The van der Waals surface area contributed by atoms with Crippen LogP contribution in [-0.2, 0) is 0 Å². The number of rotatable bonds is 4. The molecule has 6 heteroatoms. The van der Waals surface area contributed by atoms with Crippen molar-refractivity contribution in [1.82, 2.24) is 9.97 Å². The zero-order valence-corrected chi connectivity index (χ0v) is 11.5. The molecule has 3 nitrogen and oxygen atoms in total. The summed E-state index contributed by atoms with van der Waals surface area (Å²) in [6, 6.07) is 1.67. The molecule has 0 fully saturated rings. The second kappa shape index (κ2) is 5.67. The third-order valence-electron chi connectivity index (χ3n) is 2.26. The molecular weight excluding hydrogens is 277 g/mol. The minimum absolute atomic E-state index is 0.323. The van der Waals surface area contributed by atoms with Crippen LogP contribution in [0.2, 0.25) is 10.0 Å². The molecular formula is C11H11Cl2N3S.